The molecule has 0 aliphatic rings. The Kier molecular flexibility index (Phi) is 13.2. The number of benzene rings is 3. The van der Waals surface area contributed by atoms with Gasteiger partial charge in [-0.1, -0.05) is 83.0 Å². The number of nitrogens with zero attached hydrogens (tertiary/aromatic N) is 3. The number of anilines is 1. The van der Waals surface area contributed by atoms with Gasteiger partial charge >= 0.3 is 12.1 Å². The van der Waals surface area contributed by atoms with Gasteiger partial charge < -0.3 is 24.4 Å². The lowest BCUT2D eigenvalue weighted by Gasteiger charge is -2.33. The minimum atomic E-state index is -2.98. The van der Waals surface area contributed by atoms with Gasteiger partial charge in [-0.2, -0.15) is 0 Å². The lowest BCUT2D eigenvalue weighted by molar-refractivity contribution is -0.133. The summed E-state index contributed by atoms with van der Waals surface area (Å²) in [6.07, 6.45) is -4.13. The van der Waals surface area contributed by atoms with Crippen molar-refractivity contribution in [1.82, 2.24) is 20.3 Å². The van der Waals surface area contributed by atoms with Gasteiger partial charge in [0.15, 0.2) is 0 Å². The second kappa shape index (κ2) is 17.5. The summed E-state index contributed by atoms with van der Waals surface area (Å²) < 4.78 is 65.6. The highest BCUT2D eigenvalue weighted by atomic mass is 35.5. The normalized spacial score (nSPS) is 11.6. The number of hydrogen-bond acceptors (Lipinski definition) is 6. The third-order valence-electron chi connectivity index (χ3n) is 7.33. The molecule has 16 heteroatoms. The Labute approximate surface area is 288 Å². The average molecular weight is 725 g/mol. The van der Waals surface area contributed by atoms with Crippen LogP contribution >= 0.6 is 23.2 Å². The molecular weight excluding hydrogens is 693 g/mol. The van der Waals surface area contributed by atoms with Crippen LogP contribution in [0.1, 0.15) is 17.5 Å². The second-order valence-corrected chi connectivity index (χ2v) is 11.5. The first kappa shape index (κ1) is 37.0. The smallest absolute Gasteiger partial charge is 0.414 e. The number of hydrogen-bond donors (Lipinski definition) is 2. The molecule has 0 spiro atoms. The zero-order valence-corrected chi connectivity index (χ0v) is 27.5. The lowest BCUT2D eigenvalue weighted by atomic mass is 10.1. The first-order valence-corrected chi connectivity index (χ1v) is 15.6. The Morgan fingerprint density at radius 2 is 1.57 bits per heavy atom. The van der Waals surface area contributed by atoms with Crippen LogP contribution in [0.25, 0.3) is 11.3 Å². The summed E-state index contributed by atoms with van der Waals surface area (Å²) in [5.41, 5.74) is 1.73. The van der Waals surface area contributed by atoms with Crippen LogP contribution < -0.4 is 10.6 Å². The van der Waals surface area contributed by atoms with E-state index < -0.39 is 61.8 Å². The number of nitrogens with one attached hydrogen (secondary N) is 2. The maximum absolute atomic E-state index is 13.9. The van der Waals surface area contributed by atoms with Crippen LogP contribution in [0.4, 0.5) is 33.0 Å². The fraction of sp³-hybridized carbons (Fsp3) is 0.273. The number of halogens is 6. The van der Waals surface area contributed by atoms with Gasteiger partial charge in [0.05, 0.1) is 22.6 Å². The van der Waals surface area contributed by atoms with Crippen molar-refractivity contribution in [3.63, 3.8) is 0 Å². The summed E-state index contributed by atoms with van der Waals surface area (Å²) in [5.74, 6) is -1.98. The maximum Gasteiger partial charge on any atom is 0.414 e. The molecule has 0 saturated carbocycles. The molecule has 49 heavy (non-hydrogen) atoms. The monoisotopic (exact) mass is 723 g/mol. The number of ether oxygens (including phenoxy) is 1. The van der Waals surface area contributed by atoms with Crippen LogP contribution in [0, 0.1) is 11.6 Å². The Hall–Kier alpha value is -4.82. The van der Waals surface area contributed by atoms with Gasteiger partial charge in [0.25, 0.3) is 6.43 Å². The van der Waals surface area contributed by atoms with Crippen molar-refractivity contribution in [3.8, 4) is 11.3 Å². The third kappa shape index (κ3) is 10.6. The number of likely N-dealkylation sites (N-methyl/N-ethyl adjacent to an activating group) is 1. The predicted octanol–water partition coefficient (Wildman–Crippen LogP) is 7.41. The van der Waals surface area contributed by atoms with Crippen molar-refractivity contribution < 1.29 is 41.2 Å². The predicted molar refractivity (Wildman–Crippen MR) is 174 cm³/mol. The summed E-state index contributed by atoms with van der Waals surface area (Å²) in [6.45, 7) is -2.39. The minimum Gasteiger partial charge on any atom is -0.447 e. The highest BCUT2D eigenvalue weighted by molar-refractivity contribution is 6.31. The van der Waals surface area contributed by atoms with Gasteiger partial charge in [-0.3, -0.25) is 10.1 Å². The Balaban J connectivity index is 1.47. The van der Waals surface area contributed by atoms with Crippen LogP contribution in [-0.4, -0.2) is 72.2 Å². The molecule has 0 aliphatic heterocycles. The fourth-order valence-corrected chi connectivity index (χ4v) is 5.08. The van der Waals surface area contributed by atoms with Crippen molar-refractivity contribution in [2.75, 3.05) is 32.1 Å². The van der Waals surface area contributed by atoms with E-state index in [1.165, 1.54) is 37.4 Å². The van der Waals surface area contributed by atoms with E-state index in [1.54, 1.807) is 30.3 Å². The standard InChI is InChI=1S/C33H31Cl2F4N5O5/c1-43(29(45)14-13-21-9-5-11-24(36)30(21)34)23(19-48-33(47)41-28-15-26(42-49-28)20-7-3-2-4-8-20)17-44(18-27(38)39)32(46)40-16-22-10-6-12-25(37)31(22)35/h2-12,15,23,27H,13-14,16-19H2,1H3,(H,40,46)(H,41,47)/t23-/m0/s1. The van der Waals surface area contributed by atoms with Crippen molar-refractivity contribution >= 4 is 47.1 Å². The molecule has 0 fully saturated rings. The summed E-state index contributed by atoms with van der Waals surface area (Å²) in [7, 11) is 1.34. The molecule has 1 heterocycles. The Morgan fingerprint density at radius 3 is 2.24 bits per heavy atom. The number of aryl methyl sites for hydroxylation is 1. The number of rotatable bonds is 14. The molecule has 2 N–H and O–H groups in total. The molecule has 1 aromatic heterocycles. The van der Waals surface area contributed by atoms with E-state index in [-0.39, 0.29) is 40.9 Å². The zero-order chi connectivity index (χ0) is 35.5. The SMILES string of the molecule is CN(C(=O)CCc1cccc(F)c1Cl)[C@H](COC(=O)Nc1cc(-c2ccccc2)no1)CN(CC(F)F)C(=O)NCc1cccc(F)c1Cl. The highest BCUT2D eigenvalue weighted by Crippen LogP contribution is 2.23. The van der Waals surface area contributed by atoms with E-state index in [4.69, 9.17) is 32.5 Å². The molecule has 4 rings (SSSR count). The van der Waals surface area contributed by atoms with E-state index in [0.717, 1.165) is 21.4 Å². The number of urea groups is 1. The van der Waals surface area contributed by atoms with Gasteiger partial charge in [0.2, 0.25) is 11.8 Å². The van der Waals surface area contributed by atoms with Crippen LogP contribution in [0.5, 0.6) is 0 Å². The maximum atomic E-state index is 13.9. The molecule has 0 aliphatic carbocycles. The summed E-state index contributed by atoms with van der Waals surface area (Å²) in [6, 6.07) is 16.4. The van der Waals surface area contributed by atoms with E-state index in [1.807, 2.05) is 6.07 Å². The molecule has 1 atom stereocenters. The molecular formula is C33H31Cl2F4N5O5. The van der Waals surface area contributed by atoms with Gasteiger partial charge in [-0.25, -0.2) is 27.2 Å². The van der Waals surface area contributed by atoms with Crippen molar-refractivity contribution in [2.24, 2.45) is 0 Å². The molecule has 4 amide bonds. The van der Waals surface area contributed by atoms with Crippen molar-refractivity contribution in [1.29, 1.82) is 0 Å². The minimum absolute atomic E-state index is 0.0404. The number of aromatic nitrogens is 1. The van der Waals surface area contributed by atoms with Crippen LogP contribution in [0.3, 0.4) is 0 Å². The van der Waals surface area contributed by atoms with Gasteiger partial charge in [0, 0.05) is 38.2 Å². The topological polar surface area (TPSA) is 117 Å². The van der Waals surface area contributed by atoms with Crippen LogP contribution in [-0.2, 0) is 22.5 Å². The highest BCUT2D eigenvalue weighted by Gasteiger charge is 2.29. The second-order valence-electron chi connectivity index (χ2n) is 10.7. The number of alkyl halides is 2. The summed E-state index contributed by atoms with van der Waals surface area (Å²) >= 11 is 12.0. The molecule has 0 bridgehead atoms. The number of carbonyl (C=O) groups excluding carboxylic acids is 3. The van der Waals surface area contributed by atoms with Crippen molar-refractivity contribution in [3.05, 3.63) is 106 Å². The third-order valence-corrected chi connectivity index (χ3v) is 8.18. The van der Waals surface area contributed by atoms with E-state index in [0.29, 0.717) is 11.3 Å². The first-order valence-electron chi connectivity index (χ1n) is 14.8. The lowest BCUT2D eigenvalue weighted by Crippen LogP contribution is -2.52. The Bertz CT molecular complexity index is 1750. The number of carbonyl (C=O) groups is 3. The first-order chi connectivity index (χ1) is 23.4. The van der Waals surface area contributed by atoms with Gasteiger partial charge in [-0.15, -0.1) is 0 Å². The quantitative estimate of drug-likeness (QED) is 0.131. The van der Waals surface area contributed by atoms with E-state index >= 15 is 0 Å². The largest absolute Gasteiger partial charge is 0.447 e. The summed E-state index contributed by atoms with van der Waals surface area (Å²) in [5, 5.41) is 8.31. The van der Waals surface area contributed by atoms with Crippen LogP contribution in [0.15, 0.2) is 77.3 Å². The van der Waals surface area contributed by atoms with Gasteiger partial charge in [0.1, 0.15) is 23.9 Å². The molecule has 4 aromatic rings. The van der Waals surface area contributed by atoms with Crippen LogP contribution in [0.2, 0.25) is 10.0 Å². The van der Waals surface area contributed by atoms with E-state index in [2.05, 4.69) is 15.8 Å². The average Bonchev–Trinajstić information content (AvgIpc) is 3.55. The Morgan fingerprint density at radius 1 is 0.918 bits per heavy atom. The molecule has 10 nitrogen and oxygen atoms in total. The molecule has 0 radical (unpaired) electrons. The molecule has 0 unspecified atom stereocenters. The van der Waals surface area contributed by atoms with Gasteiger partial charge in [-0.05, 0) is 29.7 Å². The summed E-state index contributed by atoms with van der Waals surface area (Å²) in [4.78, 5) is 41.0. The number of amides is 4. The zero-order valence-electron chi connectivity index (χ0n) is 26.0. The molecule has 0 saturated heterocycles. The molecule has 260 valence electrons. The fourth-order valence-electron chi connectivity index (χ4n) is 4.67. The van der Waals surface area contributed by atoms with E-state index in [9.17, 15) is 31.9 Å². The molecule has 3 aromatic carbocycles. The van der Waals surface area contributed by atoms with Crippen molar-refractivity contribution in [2.45, 2.75) is 31.9 Å².